The molecule has 4 aromatic rings. The highest BCUT2D eigenvalue weighted by Gasteiger charge is 2.40. The van der Waals surface area contributed by atoms with E-state index in [1.165, 1.54) is 0 Å². The fourth-order valence-corrected chi connectivity index (χ4v) is 7.64. The molecule has 8 heteroatoms. The third-order valence-corrected chi connectivity index (χ3v) is 8.67. The minimum Gasteiger partial charge on any atom is -0.319 e. The van der Waals surface area contributed by atoms with Crippen LogP contribution in [0.3, 0.4) is 0 Å². The van der Waals surface area contributed by atoms with Gasteiger partial charge >= 0.3 is 0 Å². The monoisotopic (exact) mass is 412 g/mol. The van der Waals surface area contributed by atoms with Gasteiger partial charge in [0.25, 0.3) is 11.8 Å². The zero-order chi connectivity index (χ0) is 17.4. The number of hydrogen-bond donors (Lipinski definition) is 2. The molecule has 0 aromatic carbocycles. The molecular formula is C18H8N2O2S4. The molecule has 2 aliphatic rings. The van der Waals surface area contributed by atoms with E-state index in [1.807, 2.05) is 22.9 Å². The van der Waals surface area contributed by atoms with E-state index in [9.17, 15) is 9.59 Å². The van der Waals surface area contributed by atoms with Crippen molar-refractivity contribution in [3.63, 3.8) is 0 Å². The molecule has 2 aliphatic heterocycles. The Kier molecular flexibility index (Phi) is 2.94. The van der Waals surface area contributed by atoms with Gasteiger partial charge in [-0.25, -0.2) is 0 Å². The van der Waals surface area contributed by atoms with Gasteiger partial charge < -0.3 is 10.6 Å². The summed E-state index contributed by atoms with van der Waals surface area (Å²) in [5, 5.41) is 9.92. The summed E-state index contributed by atoms with van der Waals surface area (Å²) in [6.45, 7) is 0. The van der Waals surface area contributed by atoms with Crippen LogP contribution in [0, 0.1) is 0 Å². The van der Waals surface area contributed by atoms with E-state index in [-0.39, 0.29) is 11.8 Å². The summed E-state index contributed by atoms with van der Waals surface area (Å²) in [5.74, 6) is -0.306. The molecule has 4 nitrogen and oxygen atoms in total. The number of carbonyl (C=O) groups is 2. The summed E-state index contributed by atoms with van der Waals surface area (Å²) in [6, 6.07) is 8.17. The largest absolute Gasteiger partial charge is 0.319 e. The summed E-state index contributed by atoms with van der Waals surface area (Å²) in [6.07, 6.45) is 0. The first-order valence-electron chi connectivity index (χ1n) is 7.75. The Morgan fingerprint density at radius 2 is 1.12 bits per heavy atom. The van der Waals surface area contributed by atoms with E-state index >= 15 is 0 Å². The molecule has 26 heavy (non-hydrogen) atoms. The zero-order valence-corrected chi connectivity index (χ0v) is 16.2. The van der Waals surface area contributed by atoms with E-state index in [4.69, 9.17) is 0 Å². The van der Waals surface area contributed by atoms with Crippen molar-refractivity contribution in [1.82, 2.24) is 10.6 Å². The lowest BCUT2D eigenvalue weighted by atomic mass is 10.1. The number of thiophene rings is 4. The van der Waals surface area contributed by atoms with Crippen LogP contribution in [0.4, 0.5) is 0 Å². The third kappa shape index (κ3) is 1.92. The van der Waals surface area contributed by atoms with Crippen LogP contribution in [0.1, 0.15) is 9.75 Å². The van der Waals surface area contributed by atoms with Gasteiger partial charge in [-0.05, 0) is 35.0 Å². The summed E-state index contributed by atoms with van der Waals surface area (Å²) >= 11 is 6.47. The Hall–Kier alpha value is -2.26. The lowest BCUT2D eigenvalue weighted by molar-refractivity contribution is -0.114. The Bertz CT molecular complexity index is 1170. The van der Waals surface area contributed by atoms with E-state index in [2.05, 4.69) is 22.8 Å². The minimum absolute atomic E-state index is 0.153. The maximum Gasteiger partial charge on any atom is 0.259 e. The predicted molar refractivity (Wildman–Crippen MR) is 110 cm³/mol. The van der Waals surface area contributed by atoms with Crippen molar-refractivity contribution in [2.24, 2.45) is 0 Å². The highest BCUT2D eigenvalue weighted by molar-refractivity contribution is 7.28. The Labute approximate surface area is 163 Å². The number of fused-ring (bicyclic) bond motifs is 3. The third-order valence-electron chi connectivity index (χ3n) is 4.45. The molecule has 6 heterocycles. The molecule has 2 amide bonds. The molecule has 6 rings (SSSR count). The SMILES string of the molecule is O=C1NC2=C(c3cc4sccc4s3)C(=O)NC2=C1c1cc2sccc2s1. The van der Waals surface area contributed by atoms with Crippen LogP contribution < -0.4 is 10.6 Å². The Morgan fingerprint density at radius 1 is 0.654 bits per heavy atom. The first-order valence-corrected chi connectivity index (χ1v) is 11.1. The molecule has 0 unspecified atom stereocenters. The quantitative estimate of drug-likeness (QED) is 0.505. The maximum atomic E-state index is 12.7. The topological polar surface area (TPSA) is 58.2 Å². The molecule has 0 bridgehead atoms. The molecule has 0 aliphatic carbocycles. The number of hydrogen-bond acceptors (Lipinski definition) is 6. The van der Waals surface area contributed by atoms with Gasteiger partial charge in [-0.15, -0.1) is 45.3 Å². The fraction of sp³-hybridized carbons (Fsp3) is 0. The van der Waals surface area contributed by atoms with E-state index in [0.717, 1.165) is 28.6 Å². The maximum absolute atomic E-state index is 12.7. The van der Waals surface area contributed by atoms with Crippen LogP contribution in [0.2, 0.25) is 0 Å². The molecule has 0 radical (unpaired) electrons. The molecule has 0 atom stereocenters. The van der Waals surface area contributed by atoms with Crippen molar-refractivity contribution < 1.29 is 9.59 Å². The van der Waals surface area contributed by atoms with Crippen molar-refractivity contribution in [2.45, 2.75) is 0 Å². The molecular weight excluding hydrogens is 404 g/mol. The van der Waals surface area contributed by atoms with Crippen LogP contribution in [0.15, 0.2) is 46.4 Å². The highest BCUT2D eigenvalue weighted by atomic mass is 32.1. The molecule has 0 saturated carbocycles. The molecule has 0 spiro atoms. The lowest BCUT2D eigenvalue weighted by Crippen LogP contribution is -2.19. The van der Waals surface area contributed by atoms with Gasteiger partial charge in [0.1, 0.15) is 0 Å². The Balaban J connectivity index is 1.56. The van der Waals surface area contributed by atoms with Crippen molar-refractivity contribution in [2.75, 3.05) is 0 Å². The second kappa shape index (κ2) is 5.14. The van der Waals surface area contributed by atoms with Gasteiger partial charge in [0, 0.05) is 28.6 Å². The van der Waals surface area contributed by atoms with Gasteiger partial charge in [-0.1, -0.05) is 0 Å². The predicted octanol–water partition coefficient (Wildman–Crippen LogP) is 4.62. The number of rotatable bonds is 2. The van der Waals surface area contributed by atoms with Gasteiger partial charge in [0.2, 0.25) is 0 Å². The average Bonchev–Trinajstić information content (AvgIpc) is 3.33. The van der Waals surface area contributed by atoms with Gasteiger partial charge in [0.05, 0.1) is 22.5 Å². The van der Waals surface area contributed by atoms with Crippen molar-refractivity contribution in [3.05, 3.63) is 56.2 Å². The van der Waals surface area contributed by atoms with Crippen LogP contribution in [-0.2, 0) is 9.59 Å². The zero-order valence-electron chi connectivity index (χ0n) is 12.9. The lowest BCUT2D eigenvalue weighted by Gasteiger charge is -2.01. The van der Waals surface area contributed by atoms with Crippen molar-refractivity contribution in [3.8, 4) is 0 Å². The summed E-state index contributed by atoms with van der Waals surface area (Å²) in [7, 11) is 0. The molecule has 4 aromatic heterocycles. The van der Waals surface area contributed by atoms with Crippen molar-refractivity contribution >= 4 is 87.1 Å². The van der Waals surface area contributed by atoms with Crippen LogP contribution in [-0.4, -0.2) is 11.8 Å². The van der Waals surface area contributed by atoms with Crippen LogP contribution in [0.5, 0.6) is 0 Å². The fourth-order valence-electron chi connectivity index (χ4n) is 3.33. The van der Waals surface area contributed by atoms with Crippen LogP contribution >= 0.6 is 45.3 Å². The van der Waals surface area contributed by atoms with Crippen molar-refractivity contribution in [1.29, 1.82) is 0 Å². The summed E-state index contributed by atoms with van der Waals surface area (Å²) in [5.41, 5.74) is 2.35. The van der Waals surface area contributed by atoms with Gasteiger partial charge in [-0.3, -0.25) is 9.59 Å². The smallest absolute Gasteiger partial charge is 0.259 e. The molecule has 2 N–H and O–H groups in total. The molecule has 126 valence electrons. The van der Waals surface area contributed by atoms with E-state index in [1.54, 1.807) is 45.3 Å². The minimum atomic E-state index is -0.153. The van der Waals surface area contributed by atoms with Crippen LogP contribution in [0.25, 0.3) is 29.9 Å². The Morgan fingerprint density at radius 3 is 1.54 bits per heavy atom. The van der Waals surface area contributed by atoms with Gasteiger partial charge in [0.15, 0.2) is 0 Å². The van der Waals surface area contributed by atoms with E-state index < -0.39 is 0 Å². The number of amides is 2. The summed E-state index contributed by atoms with van der Waals surface area (Å²) < 4.78 is 4.63. The van der Waals surface area contributed by atoms with Gasteiger partial charge in [-0.2, -0.15) is 0 Å². The first-order chi connectivity index (χ1) is 12.7. The summed E-state index contributed by atoms with van der Waals surface area (Å²) in [4.78, 5) is 27.1. The molecule has 0 fully saturated rings. The number of carbonyl (C=O) groups excluding carboxylic acids is 2. The average molecular weight is 413 g/mol. The normalized spacial score (nSPS) is 16.9. The first kappa shape index (κ1) is 14.9. The second-order valence-electron chi connectivity index (χ2n) is 5.93. The molecule has 0 saturated heterocycles. The second-order valence-corrected chi connectivity index (χ2v) is 9.99. The standard InChI is InChI=1S/C18H8N2O2S4/c21-17-13(11-5-9-7(25-11)1-3-23-9)15-16(20-17)14(18(22)19-15)12-6-10-8(26-12)2-4-24-10/h1-6H,(H,19,22)(H,20,21). The number of nitrogens with one attached hydrogen (secondary N) is 2. The highest BCUT2D eigenvalue weighted by Crippen LogP contribution is 2.43. The van der Waals surface area contributed by atoms with E-state index in [0.29, 0.717) is 22.5 Å².